The highest BCUT2D eigenvalue weighted by Gasteiger charge is 2.21. The summed E-state index contributed by atoms with van der Waals surface area (Å²) < 4.78 is 0. The Balaban J connectivity index is 2.06. The van der Waals surface area contributed by atoms with E-state index >= 15 is 0 Å². The van der Waals surface area contributed by atoms with Crippen LogP contribution in [-0.2, 0) is 16.0 Å². The van der Waals surface area contributed by atoms with Crippen LogP contribution in [0.4, 0.5) is 5.69 Å². The Kier molecular flexibility index (Phi) is 8.66. The third-order valence-corrected chi connectivity index (χ3v) is 5.37. The van der Waals surface area contributed by atoms with Crippen molar-refractivity contribution in [3.63, 3.8) is 0 Å². The molecule has 1 aliphatic carbocycles. The topological polar surface area (TPSA) is 57.6 Å². The second-order valence-corrected chi connectivity index (χ2v) is 7.46. The quantitative estimate of drug-likeness (QED) is 0.625. The van der Waals surface area contributed by atoms with Crippen LogP contribution in [0.3, 0.4) is 0 Å². The number of carboxylic acid groups (broad SMARTS) is 1. The highest BCUT2D eigenvalue weighted by atomic mass is 16.4. The number of aliphatic carboxylic acids is 1. The smallest absolute Gasteiger partial charge is 0.303 e. The molecular weight excluding hydrogens is 326 g/mol. The SMILES string of the molecule is CCCc1ccccc1N(CCCC(=O)O)C(=O)CCC1CCCCC1. The van der Waals surface area contributed by atoms with Crippen molar-refractivity contribution >= 4 is 17.6 Å². The van der Waals surface area contributed by atoms with E-state index in [-0.39, 0.29) is 12.3 Å². The molecule has 1 fully saturated rings. The standard InChI is InChI=1S/C22H33NO3/c1-2-9-19-12-6-7-13-20(19)23(17-8-14-22(25)26)21(24)16-15-18-10-4-3-5-11-18/h6-7,12-13,18H,2-5,8-11,14-17H2,1H3,(H,25,26). The van der Waals surface area contributed by atoms with E-state index in [2.05, 4.69) is 13.0 Å². The van der Waals surface area contributed by atoms with Crippen molar-refractivity contribution in [2.24, 2.45) is 5.92 Å². The van der Waals surface area contributed by atoms with Crippen LogP contribution in [0, 0.1) is 5.92 Å². The summed E-state index contributed by atoms with van der Waals surface area (Å²) in [6.07, 6.45) is 10.5. The Morgan fingerprint density at radius 1 is 1.12 bits per heavy atom. The van der Waals surface area contributed by atoms with Gasteiger partial charge in [-0.15, -0.1) is 0 Å². The molecule has 0 heterocycles. The molecule has 26 heavy (non-hydrogen) atoms. The molecule has 1 aromatic rings. The van der Waals surface area contributed by atoms with Crippen LogP contribution in [-0.4, -0.2) is 23.5 Å². The van der Waals surface area contributed by atoms with E-state index in [4.69, 9.17) is 5.11 Å². The third-order valence-electron chi connectivity index (χ3n) is 5.37. The number of amides is 1. The van der Waals surface area contributed by atoms with Crippen molar-refractivity contribution in [3.8, 4) is 0 Å². The van der Waals surface area contributed by atoms with Crippen LogP contribution in [0.5, 0.6) is 0 Å². The van der Waals surface area contributed by atoms with Gasteiger partial charge in [0.25, 0.3) is 0 Å². The second kappa shape index (κ2) is 11.0. The Bertz CT molecular complexity index is 579. The molecule has 0 aliphatic heterocycles. The van der Waals surface area contributed by atoms with Crippen molar-refractivity contribution in [2.75, 3.05) is 11.4 Å². The molecule has 0 saturated heterocycles. The average Bonchev–Trinajstić information content (AvgIpc) is 2.65. The van der Waals surface area contributed by atoms with Gasteiger partial charge in [-0.25, -0.2) is 0 Å². The number of rotatable bonds is 10. The van der Waals surface area contributed by atoms with E-state index < -0.39 is 5.97 Å². The summed E-state index contributed by atoms with van der Waals surface area (Å²) in [7, 11) is 0. The van der Waals surface area contributed by atoms with Crippen molar-refractivity contribution in [1.29, 1.82) is 0 Å². The summed E-state index contributed by atoms with van der Waals surface area (Å²) in [6, 6.07) is 8.06. The van der Waals surface area contributed by atoms with E-state index in [0.29, 0.717) is 25.3 Å². The van der Waals surface area contributed by atoms with Gasteiger partial charge in [0.2, 0.25) is 5.91 Å². The van der Waals surface area contributed by atoms with Crippen LogP contribution < -0.4 is 4.90 Å². The Morgan fingerprint density at radius 3 is 2.54 bits per heavy atom. The lowest BCUT2D eigenvalue weighted by molar-refractivity contribution is -0.137. The number of carboxylic acids is 1. The van der Waals surface area contributed by atoms with Crippen molar-refractivity contribution in [3.05, 3.63) is 29.8 Å². The number of aryl methyl sites for hydroxylation is 1. The van der Waals surface area contributed by atoms with Crippen LogP contribution in [0.25, 0.3) is 0 Å². The van der Waals surface area contributed by atoms with Crippen LogP contribution in [0.2, 0.25) is 0 Å². The number of nitrogens with zero attached hydrogens (tertiary/aromatic N) is 1. The first kappa shape index (κ1) is 20.5. The molecule has 0 atom stereocenters. The number of benzene rings is 1. The molecule has 4 heteroatoms. The summed E-state index contributed by atoms with van der Waals surface area (Å²) in [5, 5.41) is 8.94. The van der Waals surface area contributed by atoms with Gasteiger partial charge in [-0.2, -0.15) is 0 Å². The molecule has 0 unspecified atom stereocenters. The number of hydrogen-bond donors (Lipinski definition) is 1. The predicted molar refractivity (Wildman–Crippen MR) is 105 cm³/mol. The van der Waals surface area contributed by atoms with Gasteiger partial charge in [-0.1, -0.05) is 63.6 Å². The zero-order valence-corrected chi connectivity index (χ0v) is 16.1. The van der Waals surface area contributed by atoms with Gasteiger partial charge in [-0.3, -0.25) is 9.59 Å². The van der Waals surface area contributed by atoms with Gasteiger partial charge in [0.05, 0.1) is 0 Å². The fraction of sp³-hybridized carbons (Fsp3) is 0.636. The lowest BCUT2D eigenvalue weighted by Gasteiger charge is -2.27. The van der Waals surface area contributed by atoms with Crippen LogP contribution >= 0.6 is 0 Å². The maximum absolute atomic E-state index is 13.0. The van der Waals surface area contributed by atoms with Gasteiger partial charge < -0.3 is 10.0 Å². The molecule has 1 aromatic carbocycles. The van der Waals surface area contributed by atoms with Gasteiger partial charge in [0.15, 0.2) is 0 Å². The van der Waals surface area contributed by atoms with E-state index in [1.54, 1.807) is 0 Å². The monoisotopic (exact) mass is 359 g/mol. The minimum atomic E-state index is -0.804. The van der Waals surface area contributed by atoms with E-state index in [0.717, 1.165) is 24.9 Å². The molecule has 1 N–H and O–H groups in total. The molecule has 1 amide bonds. The zero-order valence-electron chi connectivity index (χ0n) is 16.1. The van der Waals surface area contributed by atoms with Gasteiger partial charge in [-0.05, 0) is 36.8 Å². The first-order valence-corrected chi connectivity index (χ1v) is 10.2. The van der Waals surface area contributed by atoms with Crippen molar-refractivity contribution < 1.29 is 14.7 Å². The minimum absolute atomic E-state index is 0.0996. The molecule has 1 saturated carbocycles. The zero-order chi connectivity index (χ0) is 18.8. The third kappa shape index (κ3) is 6.47. The Hall–Kier alpha value is -1.84. The highest BCUT2D eigenvalue weighted by molar-refractivity contribution is 5.94. The minimum Gasteiger partial charge on any atom is -0.481 e. The first-order valence-electron chi connectivity index (χ1n) is 10.2. The largest absolute Gasteiger partial charge is 0.481 e. The molecule has 0 bridgehead atoms. The maximum Gasteiger partial charge on any atom is 0.303 e. The highest BCUT2D eigenvalue weighted by Crippen LogP contribution is 2.29. The number of carbonyl (C=O) groups is 2. The molecule has 144 valence electrons. The van der Waals surface area contributed by atoms with Gasteiger partial charge in [0.1, 0.15) is 0 Å². The van der Waals surface area contributed by atoms with Crippen LogP contribution in [0.1, 0.15) is 76.7 Å². The molecule has 1 aliphatic rings. The number of carbonyl (C=O) groups excluding carboxylic acids is 1. The average molecular weight is 360 g/mol. The first-order chi connectivity index (χ1) is 12.6. The van der Waals surface area contributed by atoms with Gasteiger partial charge in [0, 0.05) is 25.1 Å². The predicted octanol–water partition coefficient (Wildman–Crippen LogP) is 5.20. The summed E-state index contributed by atoms with van der Waals surface area (Å²) in [4.78, 5) is 25.7. The molecule has 2 rings (SSSR count). The second-order valence-electron chi connectivity index (χ2n) is 7.46. The molecule has 0 radical (unpaired) electrons. The number of hydrogen-bond acceptors (Lipinski definition) is 2. The molecule has 0 aromatic heterocycles. The van der Waals surface area contributed by atoms with Crippen molar-refractivity contribution in [2.45, 2.75) is 77.6 Å². The summed E-state index contributed by atoms with van der Waals surface area (Å²) in [6.45, 7) is 2.62. The Morgan fingerprint density at radius 2 is 1.85 bits per heavy atom. The Labute approximate surface area is 157 Å². The normalized spacial score (nSPS) is 15.0. The fourth-order valence-electron chi connectivity index (χ4n) is 3.96. The fourth-order valence-corrected chi connectivity index (χ4v) is 3.96. The number of para-hydroxylation sites is 1. The lowest BCUT2D eigenvalue weighted by atomic mass is 9.86. The summed E-state index contributed by atoms with van der Waals surface area (Å²) >= 11 is 0. The molecule has 4 nitrogen and oxygen atoms in total. The lowest BCUT2D eigenvalue weighted by Crippen LogP contribution is -2.33. The molecule has 0 spiro atoms. The van der Waals surface area contributed by atoms with Crippen LogP contribution in [0.15, 0.2) is 24.3 Å². The van der Waals surface area contributed by atoms with E-state index in [1.807, 2.05) is 23.1 Å². The molecular formula is C22H33NO3. The van der Waals surface area contributed by atoms with E-state index in [9.17, 15) is 9.59 Å². The van der Waals surface area contributed by atoms with Gasteiger partial charge >= 0.3 is 5.97 Å². The maximum atomic E-state index is 13.0. The van der Waals surface area contributed by atoms with E-state index in [1.165, 1.54) is 37.7 Å². The summed E-state index contributed by atoms with van der Waals surface area (Å²) in [5.41, 5.74) is 2.14. The number of anilines is 1. The summed E-state index contributed by atoms with van der Waals surface area (Å²) in [5.74, 6) is 0.0189. The van der Waals surface area contributed by atoms with Crippen molar-refractivity contribution in [1.82, 2.24) is 0 Å².